The van der Waals surface area contributed by atoms with Crippen molar-refractivity contribution < 1.29 is 9.53 Å². The second-order valence-corrected chi connectivity index (χ2v) is 5.02. The van der Waals surface area contributed by atoms with Crippen LogP contribution in [0.15, 0.2) is 54.6 Å². The lowest BCUT2D eigenvalue weighted by Gasteiger charge is -2.33. The number of ether oxygens (including phenoxy) is 1. The first-order valence-electron chi connectivity index (χ1n) is 7.10. The van der Waals surface area contributed by atoms with Crippen molar-refractivity contribution in [2.24, 2.45) is 0 Å². The fourth-order valence-electron chi connectivity index (χ4n) is 2.70. The van der Waals surface area contributed by atoms with Crippen molar-refractivity contribution in [3.8, 4) is 5.75 Å². The zero-order valence-corrected chi connectivity index (χ0v) is 12.0. The Morgan fingerprint density at radius 3 is 2.62 bits per heavy atom. The molecule has 1 N–H and O–H groups in total. The molecule has 3 rings (SSSR count). The van der Waals surface area contributed by atoms with E-state index in [1.165, 1.54) is 0 Å². The molecular formula is C17H18N2O2. The van der Waals surface area contributed by atoms with Crippen LogP contribution < -0.4 is 15.0 Å². The molecule has 2 aromatic carbocycles. The second-order valence-electron chi connectivity index (χ2n) is 5.02. The molecule has 1 atom stereocenters. The van der Waals surface area contributed by atoms with Crippen LogP contribution in [0.4, 0.5) is 10.5 Å². The highest BCUT2D eigenvalue weighted by molar-refractivity contribution is 5.90. The molecule has 0 radical (unpaired) electrons. The third-order valence-electron chi connectivity index (χ3n) is 3.76. The predicted molar refractivity (Wildman–Crippen MR) is 82.7 cm³/mol. The summed E-state index contributed by atoms with van der Waals surface area (Å²) in [7, 11) is 1.94. The minimum atomic E-state index is -0.330. The largest absolute Gasteiger partial charge is 0.419 e. The number of hydrogen-bond acceptors (Lipinski definition) is 3. The van der Waals surface area contributed by atoms with Crippen molar-refractivity contribution >= 4 is 11.8 Å². The van der Waals surface area contributed by atoms with Crippen molar-refractivity contribution in [3.63, 3.8) is 0 Å². The predicted octanol–water partition coefficient (Wildman–Crippen LogP) is 3.36. The molecule has 0 aliphatic carbocycles. The Labute approximate surface area is 124 Å². The Morgan fingerprint density at radius 1 is 1.14 bits per heavy atom. The second kappa shape index (κ2) is 5.97. The van der Waals surface area contributed by atoms with Gasteiger partial charge in [0.25, 0.3) is 0 Å². The van der Waals surface area contributed by atoms with Gasteiger partial charge in [0.1, 0.15) is 5.75 Å². The molecule has 1 unspecified atom stereocenters. The Morgan fingerprint density at radius 2 is 1.86 bits per heavy atom. The number of benzene rings is 2. The average molecular weight is 282 g/mol. The molecule has 2 aromatic rings. The summed E-state index contributed by atoms with van der Waals surface area (Å²) in [6.07, 6.45) is 0.542. The topological polar surface area (TPSA) is 41.6 Å². The summed E-state index contributed by atoms with van der Waals surface area (Å²) in [5, 5.41) is 3.29. The number of nitrogens with one attached hydrogen (secondary N) is 1. The van der Waals surface area contributed by atoms with E-state index in [1.807, 2.05) is 43.4 Å². The molecule has 21 heavy (non-hydrogen) atoms. The Hall–Kier alpha value is -2.33. The molecule has 0 aromatic heterocycles. The highest BCUT2D eigenvalue weighted by Gasteiger charge is 2.28. The molecule has 4 nitrogen and oxygen atoms in total. The Kier molecular flexibility index (Phi) is 3.88. The molecule has 0 saturated carbocycles. The van der Waals surface area contributed by atoms with Gasteiger partial charge in [0.2, 0.25) is 0 Å². The molecular weight excluding hydrogens is 264 g/mol. The van der Waals surface area contributed by atoms with Crippen LogP contribution in [0.25, 0.3) is 0 Å². The van der Waals surface area contributed by atoms with E-state index in [0.29, 0.717) is 12.3 Å². The third-order valence-corrected chi connectivity index (χ3v) is 3.76. The SMILES string of the molecule is CNC1CCN(C(=O)Oc2ccccc2)c2ccccc21. The lowest BCUT2D eigenvalue weighted by Crippen LogP contribution is -2.40. The van der Waals surface area contributed by atoms with E-state index < -0.39 is 0 Å². The van der Waals surface area contributed by atoms with Crippen molar-refractivity contribution in [2.75, 3.05) is 18.5 Å². The number of carbonyl (C=O) groups is 1. The van der Waals surface area contributed by atoms with Crippen LogP contribution in [0.5, 0.6) is 5.75 Å². The van der Waals surface area contributed by atoms with Crippen LogP contribution in [0.3, 0.4) is 0 Å². The lowest BCUT2D eigenvalue weighted by atomic mass is 9.97. The minimum absolute atomic E-state index is 0.280. The summed E-state index contributed by atoms with van der Waals surface area (Å²) >= 11 is 0. The van der Waals surface area contributed by atoms with Gasteiger partial charge < -0.3 is 10.1 Å². The zero-order valence-electron chi connectivity index (χ0n) is 12.0. The lowest BCUT2D eigenvalue weighted by molar-refractivity contribution is 0.206. The summed E-state index contributed by atoms with van der Waals surface area (Å²) in [4.78, 5) is 14.1. The molecule has 108 valence electrons. The minimum Gasteiger partial charge on any atom is -0.410 e. The molecule has 0 saturated heterocycles. The number of carbonyl (C=O) groups excluding carboxylic acids is 1. The Balaban J connectivity index is 1.84. The van der Waals surface area contributed by atoms with Crippen LogP contribution >= 0.6 is 0 Å². The average Bonchev–Trinajstić information content (AvgIpc) is 2.54. The van der Waals surface area contributed by atoms with E-state index in [1.54, 1.807) is 17.0 Å². The maximum absolute atomic E-state index is 12.4. The number of fused-ring (bicyclic) bond motifs is 1. The van der Waals surface area contributed by atoms with E-state index in [-0.39, 0.29) is 12.1 Å². The quantitative estimate of drug-likeness (QED) is 0.918. The number of amides is 1. The van der Waals surface area contributed by atoms with Gasteiger partial charge in [-0.15, -0.1) is 0 Å². The van der Waals surface area contributed by atoms with Crippen molar-refractivity contribution in [1.82, 2.24) is 5.32 Å². The van der Waals surface area contributed by atoms with Crippen LogP contribution in [-0.4, -0.2) is 19.7 Å². The van der Waals surface area contributed by atoms with Gasteiger partial charge in [0.15, 0.2) is 0 Å². The first kappa shape index (κ1) is 13.6. The summed E-state index contributed by atoms with van der Waals surface area (Å²) < 4.78 is 5.45. The first-order valence-corrected chi connectivity index (χ1v) is 7.10. The van der Waals surface area contributed by atoms with Crippen LogP contribution in [-0.2, 0) is 0 Å². The van der Waals surface area contributed by atoms with Crippen LogP contribution in [0, 0.1) is 0 Å². The molecule has 0 bridgehead atoms. The van der Waals surface area contributed by atoms with E-state index in [2.05, 4.69) is 11.4 Å². The summed E-state index contributed by atoms with van der Waals surface area (Å²) in [6.45, 7) is 0.647. The Bertz CT molecular complexity index is 628. The van der Waals surface area contributed by atoms with Crippen molar-refractivity contribution in [1.29, 1.82) is 0 Å². The van der Waals surface area contributed by atoms with E-state index >= 15 is 0 Å². The van der Waals surface area contributed by atoms with Gasteiger partial charge in [0.05, 0.1) is 5.69 Å². The maximum Gasteiger partial charge on any atom is 0.419 e. The maximum atomic E-state index is 12.4. The van der Waals surface area contributed by atoms with Gasteiger partial charge >= 0.3 is 6.09 Å². The van der Waals surface area contributed by atoms with Crippen LogP contribution in [0.2, 0.25) is 0 Å². The van der Waals surface area contributed by atoms with E-state index in [9.17, 15) is 4.79 Å². The van der Waals surface area contributed by atoms with Gasteiger partial charge in [-0.1, -0.05) is 36.4 Å². The van der Waals surface area contributed by atoms with Crippen molar-refractivity contribution in [3.05, 3.63) is 60.2 Å². The van der Waals surface area contributed by atoms with Gasteiger partial charge in [0, 0.05) is 12.6 Å². The normalized spacial score (nSPS) is 17.2. The van der Waals surface area contributed by atoms with E-state index in [0.717, 1.165) is 17.7 Å². The van der Waals surface area contributed by atoms with Crippen LogP contribution in [0.1, 0.15) is 18.0 Å². The zero-order chi connectivity index (χ0) is 14.7. The summed E-state index contributed by atoms with van der Waals surface area (Å²) in [5.41, 5.74) is 2.06. The first-order chi connectivity index (χ1) is 10.3. The fourth-order valence-corrected chi connectivity index (χ4v) is 2.70. The van der Waals surface area contributed by atoms with Crippen molar-refractivity contribution in [2.45, 2.75) is 12.5 Å². The molecule has 4 heteroatoms. The van der Waals surface area contributed by atoms with Gasteiger partial charge in [-0.05, 0) is 37.2 Å². The molecule has 1 aliphatic heterocycles. The number of hydrogen-bond donors (Lipinski definition) is 1. The molecule has 0 fully saturated rings. The fraction of sp³-hybridized carbons (Fsp3) is 0.235. The monoisotopic (exact) mass is 282 g/mol. The summed E-state index contributed by atoms with van der Waals surface area (Å²) in [6, 6.07) is 17.4. The van der Waals surface area contributed by atoms with Gasteiger partial charge in [-0.2, -0.15) is 0 Å². The van der Waals surface area contributed by atoms with E-state index in [4.69, 9.17) is 4.74 Å². The third kappa shape index (κ3) is 2.76. The number of para-hydroxylation sites is 2. The summed E-state index contributed by atoms with van der Waals surface area (Å²) in [5.74, 6) is 0.565. The number of nitrogens with zero attached hydrogens (tertiary/aromatic N) is 1. The molecule has 1 amide bonds. The molecule has 0 spiro atoms. The smallest absolute Gasteiger partial charge is 0.410 e. The highest BCUT2D eigenvalue weighted by Crippen LogP contribution is 2.33. The number of anilines is 1. The molecule has 1 heterocycles. The van der Waals surface area contributed by atoms with Gasteiger partial charge in [-0.25, -0.2) is 4.79 Å². The number of rotatable bonds is 2. The van der Waals surface area contributed by atoms with Gasteiger partial charge in [-0.3, -0.25) is 4.90 Å². The standard InChI is InChI=1S/C17H18N2O2/c1-18-15-11-12-19(16-10-6-5-9-14(15)16)17(20)21-13-7-3-2-4-8-13/h2-10,15,18H,11-12H2,1H3. The molecule has 1 aliphatic rings. The highest BCUT2D eigenvalue weighted by atomic mass is 16.6.